The molecule has 1 fully saturated rings. The molecule has 1 aliphatic rings. The summed E-state index contributed by atoms with van der Waals surface area (Å²) in [5, 5.41) is 0. The van der Waals surface area contributed by atoms with Gasteiger partial charge in [-0.2, -0.15) is 0 Å². The summed E-state index contributed by atoms with van der Waals surface area (Å²) >= 11 is 0. The van der Waals surface area contributed by atoms with Gasteiger partial charge in [-0.15, -0.1) is 0 Å². The second-order valence-electron chi connectivity index (χ2n) is 5.26. The van der Waals surface area contributed by atoms with E-state index < -0.39 is 5.97 Å². The van der Waals surface area contributed by atoms with Crippen molar-refractivity contribution in [1.82, 2.24) is 9.80 Å². The summed E-state index contributed by atoms with van der Waals surface area (Å²) in [6.45, 7) is 1.68. The molecule has 7 heteroatoms. The smallest absolute Gasteiger partial charge is 0.306 e. The van der Waals surface area contributed by atoms with Crippen LogP contribution in [0.1, 0.15) is 23.2 Å². The van der Waals surface area contributed by atoms with Crippen molar-refractivity contribution in [2.24, 2.45) is 0 Å². The number of esters is 1. The molecule has 1 aromatic carbocycles. The fourth-order valence-electron chi connectivity index (χ4n) is 2.40. The van der Waals surface area contributed by atoms with Crippen molar-refractivity contribution in [3.63, 3.8) is 0 Å². The molecule has 1 aromatic rings. The lowest BCUT2D eigenvalue weighted by Gasteiger charge is -2.34. The molecule has 1 saturated heterocycles. The predicted molar refractivity (Wildman–Crippen MR) is 80.1 cm³/mol. The minimum absolute atomic E-state index is 0.0596. The van der Waals surface area contributed by atoms with Crippen LogP contribution in [-0.4, -0.2) is 60.9 Å². The maximum absolute atomic E-state index is 12.9. The van der Waals surface area contributed by atoms with Crippen LogP contribution in [0.3, 0.4) is 0 Å². The Labute approximate surface area is 133 Å². The van der Waals surface area contributed by atoms with Crippen LogP contribution in [0.5, 0.6) is 0 Å². The highest BCUT2D eigenvalue weighted by Crippen LogP contribution is 2.11. The van der Waals surface area contributed by atoms with E-state index in [4.69, 9.17) is 0 Å². The maximum Gasteiger partial charge on any atom is 0.306 e. The van der Waals surface area contributed by atoms with Crippen molar-refractivity contribution >= 4 is 17.8 Å². The first-order valence-corrected chi connectivity index (χ1v) is 7.40. The van der Waals surface area contributed by atoms with E-state index in [1.54, 1.807) is 9.80 Å². The summed E-state index contributed by atoms with van der Waals surface area (Å²) < 4.78 is 17.4. The van der Waals surface area contributed by atoms with Gasteiger partial charge in [0, 0.05) is 38.2 Å². The van der Waals surface area contributed by atoms with Crippen LogP contribution in [0, 0.1) is 5.82 Å². The van der Waals surface area contributed by atoms with Crippen molar-refractivity contribution in [3.8, 4) is 0 Å². The van der Waals surface area contributed by atoms with Crippen LogP contribution in [0.4, 0.5) is 4.39 Å². The monoisotopic (exact) mass is 322 g/mol. The second-order valence-corrected chi connectivity index (χ2v) is 5.26. The summed E-state index contributed by atoms with van der Waals surface area (Å²) in [5.41, 5.74) is 0.428. The number of benzene rings is 1. The quantitative estimate of drug-likeness (QED) is 0.778. The summed E-state index contributed by atoms with van der Waals surface area (Å²) in [7, 11) is 1.28. The fourth-order valence-corrected chi connectivity index (χ4v) is 2.40. The van der Waals surface area contributed by atoms with Gasteiger partial charge in [0.1, 0.15) is 5.82 Å². The fraction of sp³-hybridized carbons (Fsp3) is 0.438. The Morgan fingerprint density at radius 2 is 1.57 bits per heavy atom. The number of rotatable bonds is 4. The molecule has 0 unspecified atom stereocenters. The van der Waals surface area contributed by atoms with E-state index in [1.807, 2.05) is 0 Å². The van der Waals surface area contributed by atoms with Gasteiger partial charge in [0.15, 0.2) is 0 Å². The van der Waals surface area contributed by atoms with E-state index >= 15 is 0 Å². The van der Waals surface area contributed by atoms with Crippen LogP contribution >= 0.6 is 0 Å². The van der Waals surface area contributed by atoms with Crippen LogP contribution in [0.15, 0.2) is 24.3 Å². The van der Waals surface area contributed by atoms with E-state index in [2.05, 4.69) is 4.74 Å². The Balaban J connectivity index is 1.83. The van der Waals surface area contributed by atoms with E-state index in [1.165, 1.54) is 31.4 Å². The number of carbonyl (C=O) groups is 3. The third-order valence-corrected chi connectivity index (χ3v) is 3.78. The third-order valence-electron chi connectivity index (χ3n) is 3.78. The molecule has 0 aromatic heterocycles. The summed E-state index contributed by atoms with van der Waals surface area (Å²) in [6.07, 6.45) is 0.169. The number of halogens is 1. The van der Waals surface area contributed by atoms with E-state index in [-0.39, 0.29) is 30.5 Å². The van der Waals surface area contributed by atoms with Gasteiger partial charge in [0.05, 0.1) is 13.5 Å². The number of piperazine rings is 1. The van der Waals surface area contributed by atoms with Gasteiger partial charge in [0.2, 0.25) is 5.91 Å². The van der Waals surface area contributed by atoms with Crippen LogP contribution < -0.4 is 0 Å². The van der Waals surface area contributed by atoms with Gasteiger partial charge >= 0.3 is 5.97 Å². The van der Waals surface area contributed by atoms with Crippen molar-refractivity contribution in [2.75, 3.05) is 33.3 Å². The molecular weight excluding hydrogens is 303 g/mol. The molecule has 2 rings (SSSR count). The highest BCUT2D eigenvalue weighted by molar-refractivity contribution is 5.94. The van der Waals surface area contributed by atoms with Gasteiger partial charge in [-0.1, -0.05) is 0 Å². The molecule has 124 valence electrons. The molecule has 6 nitrogen and oxygen atoms in total. The second kappa shape index (κ2) is 7.71. The van der Waals surface area contributed by atoms with Gasteiger partial charge in [0.25, 0.3) is 5.91 Å². The first-order chi connectivity index (χ1) is 11.0. The molecule has 23 heavy (non-hydrogen) atoms. The first-order valence-electron chi connectivity index (χ1n) is 7.40. The standard InChI is InChI=1S/C16H19FN2O4/c1-23-15(21)7-6-14(20)18-8-10-19(11-9-18)16(22)12-2-4-13(17)5-3-12/h2-5H,6-11H2,1H3. The predicted octanol–water partition coefficient (Wildman–Crippen LogP) is 1.06. The molecule has 0 N–H and O–H groups in total. The SMILES string of the molecule is COC(=O)CCC(=O)N1CCN(C(=O)c2ccc(F)cc2)CC1. The van der Waals surface area contributed by atoms with Crippen molar-refractivity contribution in [1.29, 1.82) is 0 Å². The third kappa shape index (κ3) is 4.51. The Kier molecular flexibility index (Phi) is 5.67. The molecular formula is C16H19FN2O4. The van der Waals surface area contributed by atoms with Crippen molar-refractivity contribution < 1.29 is 23.5 Å². The molecule has 0 spiro atoms. The lowest BCUT2D eigenvalue weighted by atomic mass is 10.1. The lowest BCUT2D eigenvalue weighted by Crippen LogP contribution is -2.50. The van der Waals surface area contributed by atoms with E-state index in [9.17, 15) is 18.8 Å². The Morgan fingerprint density at radius 1 is 1.00 bits per heavy atom. The zero-order valence-electron chi connectivity index (χ0n) is 13.0. The summed E-state index contributed by atoms with van der Waals surface area (Å²) in [5.74, 6) is -1.10. The number of hydrogen-bond acceptors (Lipinski definition) is 4. The average molecular weight is 322 g/mol. The van der Waals surface area contributed by atoms with Crippen molar-refractivity contribution in [3.05, 3.63) is 35.6 Å². The molecule has 0 saturated carbocycles. The minimum Gasteiger partial charge on any atom is -0.469 e. The largest absolute Gasteiger partial charge is 0.469 e. The van der Waals surface area contributed by atoms with Gasteiger partial charge in [-0.05, 0) is 24.3 Å². The number of carbonyl (C=O) groups excluding carboxylic acids is 3. The topological polar surface area (TPSA) is 66.9 Å². The Morgan fingerprint density at radius 3 is 2.13 bits per heavy atom. The molecule has 1 heterocycles. The van der Waals surface area contributed by atoms with Gasteiger partial charge in [-0.3, -0.25) is 14.4 Å². The molecule has 0 atom stereocenters. The zero-order valence-corrected chi connectivity index (χ0v) is 13.0. The van der Waals surface area contributed by atoms with Gasteiger partial charge in [-0.25, -0.2) is 4.39 Å². The number of hydrogen-bond donors (Lipinski definition) is 0. The first kappa shape index (κ1) is 16.9. The summed E-state index contributed by atoms with van der Waals surface area (Å²) in [6, 6.07) is 5.40. The normalized spacial score (nSPS) is 14.5. The molecule has 2 amide bonds. The lowest BCUT2D eigenvalue weighted by molar-refractivity contribution is -0.143. The number of amides is 2. The molecule has 0 aliphatic carbocycles. The molecule has 1 aliphatic heterocycles. The van der Waals surface area contributed by atoms with E-state index in [0.29, 0.717) is 31.7 Å². The van der Waals surface area contributed by atoms with E-state index in [0.717, 1.165) is 0 Å². The molecule has 0 radical (unpaired) electrons. The molecule has 0 bridgehead atoms. The number of ether oxygens (including phenoxy) is 1. The highest BCUT2D eigenvalue weighted by atomic mass is 19.1. The van der Waals surface area contributed by atoms with Crippen LogP contribution in [0.25, 0.3) is 0 Å². The Bertz CT molecular complexity index is 580. The van der Waals surface area contributed by atoms with Gasteiger partial charge < -0.3 is 14.5 Å². The maximum atomic E-state index is 12.9. The van der Waals surface area contributed by atoms with Crippen LogP contribution in [-0.2, 0) is 14.3 Å². The minimum atomic E-state index is -0.413. The Hall–Kier alpha value is -2.44. The highest BCUT2D eigenvalue weighted by Gasteiger charge is 2.25. The summed E-state index contributed by atoms with van der Waals surface area (Å²) in [4.78, 5) is 38.6. The number of methoxy groups -OCH3 is 1. The van der Waals surface area contributed by atoms with Crippen molar-refractivity contribution in [2.45, 2.75) is 12.8 Å². The number of nitrogens with zero attached hydrogens (tertiary/aromatic N) is 2. The average Bonchev–Trinajstić information content (AvgIpc) is 2.59. The van der Waals surface area contributed by atoms with Crippen LogP contribution in [0.2, 0.25) is 0 Å². The zero-order chi connectivity index (χ0) is 16.8.